The van der Waals surface area contributed by atoms with E-state index < -0.39 is 4.92 Å². The molecular formula is C25H17ClN5O2Ru+2. The van der Waals surface area contributed by atoms with E-state index in [4.69, 9.17) is 4.98 Å². The van der Waals surface area contributed by atoms with Crippen LogP contribution in [0.4, 0.5) is 5.69 Å². The molecule has 0 saturated heterocycles. The first kappa shape index (κ1) is 25.7. The van der Waals surface area contributed by atoms with Crippen LogP contribution in [0.2, 0.25) is 0 Å². The van der Waals surface area contributed by atoms with Crippen molar-refractivity contribution in [2.75, 3.05) is 0 Å². The number of hydrogen-bond donors (Lipinski definition) is 1. The average molecular weight is 556 g/mol. The van der Waals surface area contributed by atoms with Crippen LogP contribution in [0.1, 0.15) is 0 Å². The second kappa shape index (κ2) is 11.5. The summed E-state index contributed by atoms with van der Waals surface area (Å²) in [5.74, 6) is 0.649. The maximum Gasteiger partial charge on any atom is 3.00 e. The number of fused-ring (bicyclic) bond motifs is 6. The summed E-state index contributed by atoms with van der Waals surface area (Å²) >= 11 is 0. The van der Waals surface area contributed by atoms with Crippen LogP contribution >= 0.6 is 0 Å². The molecular weight excluding hydrogens is 539 g/mol. The Labute approximate surface area is 215 Å². The van der Waals surface area contributed by atoms with Gasteiger partial charge in [-0.1, -0.05) is 0 Å². The number of aromatic amines is 1. The zero-order valence-corrected chi connectivity index (χ0v) is 20.1. The Morgan fingerprint density at radius 2 is 1.26 bits per heavy atom. The minimum atomic E-state index is -0.416. The van der Waals surface area contributed by atoms with Gasteiger partial charge in [-0.3, -0.25) is 20.1 Å². The average Bonchev–Trinajstić information content (AvgIpc) is 3.32. The van der Waals surface area contributed by atoms with Crippen molar-refractivity contribution in [2.24, 2.45) is 0 Å². The smallest absolute Gasteiger partial charge is 1.00 e. The van der Waals surface area contributed by atoms with E-state index in [9.17, 15) is 10.1 Å². The molecule has 2 aromatic carbocycles. The number of nitro groups is 1. The molecule has 7 nitrogen and oxygen atoms in total. The third-order valence-corrected chi connectivity index (χ3v) is 5.09. The van der Waals surface area contributed by atoms with E-state index in [0.29, 0.717) is 5.82 Å². The Morgan fingerprint density at radius 3 is 1.82 bits per heavy atom. The summed E-state index contributed by atoms with van der Waals surface area (Å²) in [6.45, 7) is 0. The molecule has 1 saturated carbocycles. The molecule has 0 aliphatic heterocycles. The van der Waals surface area contributed by atoms with E-state index in [2.05, 4.69) is 15.0 Å². The van der Waals surface area contributed by atoms with Gasteiger partial charge in [-0.2, -0.15) is 0 Å². The SMILES string of the molecule is O=[N+]([O-])c1ccc(-c2nc3c4cccnc4c4ncccc4c3[nH]2)cc1.[CH]1[CH][CH][CH][CH][CH]1.[Cl-].[Ru+3]. The normalized spacial score (nSPS) is 12.9. The number of aromatic nitrogens is 4. The molecule has 0 unspecified atom stereocenters. The number of H-pyrrole nitrogens is 1. The predicted molar refractivity (Wildman–Crippen MR) is 125 cm³/mol. The van der Waals surface area contributed by atoms with Gasteiger partial charge < -0.3 is 17.4 Å². The van der Waals surface area contributed by atoms with E-state index in [0.717, 1.165) is 38.4 Å². The van der Waals surface area contributed by atoms with Gasteiger partial charge in [-0.05, 0) is 74.9 Å². The van der Waals surface area contributed by atoms with Crippen molar-refractivity contribution in [1.29, 1.82) is 0 Å². The minimum absolute atomic E-state index is 0. The van der Waals surface area contributed by atoms with Crippen LogP contribution in [0.25, 0.3) is 44.2 Å². The van der Waals surface area contributed by atoms with Crippen LogP contribution in [0.3, 0.4) is 0 Å². The zero-order chi connectivity index (χ0) is 21.9. The number of hydrogen-bond acceptors (Lipinski definition) is 5. The van der Waals surface area contributed by atoms with Crippen molar-refractivity contribution in [3.63, 3.8) is 0 Å². The first-order valence-corrected chi connectivity index (χ1v) is 9.98. The molecule has 3 heterocycles. The summed E-state index contributed by atoms with van der Waals surface area (Å²) in [5.41, 5.74) is 4.13. The summed E-state index contributed by atoms with van der Waals surface area (Å²) in [7, 11) is 0. The van der Waals surface area contributed by atoms with Crippen molar-refractivity contribution < 1.29 is 36.8 Å². The van der Waals surface area contributed by atoms with E-state index in [1.165, 1.54) is 12.1 Å². The van der Waals surface area contributed by atoms with E-state index in [-0.39, 0.29) is 37.6 Å². The molecule has 1 N–H and O–H groups in total. The van der Waals surface area contributed by atoms with Crippen LogP contribution in [0, 0.1) is 48.6 Å². The molecule has 9 heteroatoms. The molecule has 0 spiro atoms. The number of imidazole rings is 1. The third kappa shape index (κ3) is 5.08. The first-order valence-electron chi connectivity index (χ1n) is 9.98. The molecule has 1 fully saturated rings. The minimum Gasteiger partial charge on any atom is -1.00 e. The number of rotatable bonds is 2. The Bertz CT molecular complexity index is 1330. The van der Waals surface area contributed by atoms with Crippen LogP contribution < -0.4 is 12.4 Å². The van der Waals surface area contributed by atoms with E-state index >= 15 is 0 Å². The molecule has 1 aliphatic rings. The fourth-order valence-corrected chi connectivity index (χ4v) is 3.61. The number of non-ortho nitro benzene ring substituents is 1. The quantitative estimate of drug-likeness (QED) is 0.156. The van der Waals surface area contributed by atoms with Gasteiger partial charge in [0.2, 0.25) is 0 Å². The molecule has 5 aromatic rings. The van der Waals surface area contributed by atoms with Crippen molar-refractivity contribution in [3.05, 3.63) is 110 Å². The number of nitrogens with zero attached hydrogens (tertiary/aromatic N) is 4. The molecule has 1 aliphatic carbocycles. The number of halogens is 1. The Hall–Kier alpha value is -2.96. The Morgan fingerprint density at radius 1 is 0.735 bits per heavy atom. The van der Waals surface area contributed by atoms with Gasteiger partial charge in [0, 0.05) is 40.9 Å². The molecule has 0 amide bonds. The fourth-order valence-electron chi connectivity index (χ4n) is 3.61. The van der Waals surface area contributed by atoms with Gasteiger partial charge in [-0.25, -0.2) is 4.98 Å². The van der Waals surface area contributed by atoms with E-state index in [1.54, 1.807) is 24.5 Å². The Balaban J connectivity index is 0.000000357. The van der Waals surface area contributed by atoms with Gasteiger partial charge in [0.25, 0.3) is 5.69 Å². The van der Waals surface area contributed by atoms with Crippen molar-refractivity contribution >= 4 is 38.5 Å². The van der Waals surface area contributed by atoms with Crippen molar-refractivity contribution in [1.82, 2.24) is 19.9 Å². The number of pyridine rings is 2. The summed E-state index contributed by atoms with van der Waals surface area (Å²) in [4.78, 5) is 27.5. The van der Waals surface area contributed by atoms with Gasteiger partial charge >= 0.3 is 19.5 Å². The largest absolute Gasteiger partial charge is 3.00 e. The molecule has 7 radical (unpaired) electrons. The molecule has 0 atom stereocenters. The molecule has 3 aromatic heterocycles. The second-order valence-corrected chi connectivity index (χ2v) is 7.07. The van der Waals surface area contributed by atoms with Crippen LogP contribution in [-0.4, -0.2) is 24.9 Å². The number of benzene rings is 2. The maximum absolute atomic E-state index is 10.9. The Kier molecular flexibility index (Phi) is 8.64. The van der Waals surface area contributed by atoms with E-state index in [1.807, 2.05) is 62.8 Å². The predicted octanol–water partition coefficient (Wildman–Crippen LogP) is 2.46. The summed E-state index contributed by atoms with van der Waals surface area (Å²) in [6.07, 6.45) is 15.5. The van der Waals surface area contributed by atoms with Crippen LogP contribution in [0.15, 0.2) is 60.9 Å². The maximum atomic E-state index is 10.9. The summed E-state index contributed by atoms with van der Waals surface area (Å²) in [5, 5.41) is 12.7. The second-order valence-electron chi connectivity index (χ2n) is 7.07. The van der Waals surface area contributed by atoms with Crippen LogP contribution in [0.5, 0.6) is 0 Å². The zero-order valence-electron chi connectivity index (χ0n) is 17.6. The third-order valence-electron chi connectivity index (χ3n) is 5.09. The van der Waals surface area contributed by atoms with Gasteiger partial charge in [-0.15, -0.1) is 0 Å². The summed E-state index contributed by atoms with van der Waals surface area (Å²) < 4.78 is 0. The fraction of sp³-hybridized carbons (Fsp3) is 0. The summed E-state index contributed by atoms with van der Waals surface area (Å²) in [6, 6.07) is 14.0. The number of nitro benzene ring substituents is 1. The molecule has 0 bridgehead atoms. The topological polar surface area (TPSA) is 97.6 Å². The van der Waals surface area contributed by atoms with Crippen molar-refractivity contribution in [2.45, 2.75) is 0 Å². The standard InChI is InChI=1S/C19H11N5O2.C6H6.ClH.Ru/c25-24(26)12-7-5-11(6-8-12)19-22-17-13-3-1-9-20-15(13)16-14(18(17)23-19)4-2-10-21-16;1-2-4-6-5-3-1;;/h1-10H,(H,22,23);1-6H;1H;/q;;;+3/p-1. The van der Waals surface area contributed by atoms with Crippen LogP contribution in [-0.2, 0) is 19.5 Å². The monoisotopic (exact) mass is 556 g/mol. The molecule has 6 rings (SSSR count). The molecule has 34 heavy (non-hydrogen) atoms. The van der Waals surface area contributed by atoms with Gasteiger partial charge in [0.1, 0.15) is 5.82 Å². The van der Waals surface area contributed by atoms with Crippen molar-refractivity contribution in [3.8, 4) is 11.4 Å². The van der Waals surface area contributed by atoms with Gasteiger partial charge in [0.05, 0.1) is 27.0 Å². The van der Waals surface area contributed by atoms with Gasteiger partial charge in [0.15, 0.2) is 0 Å². The first-order chi connectivity index (χ1) is 15.7. The molecule has 167 valence electrons. The number of nitrogens with one attached hydrogen (secondary N) is 1.